The summed E-state index contributed by atoms with van der Waals surface area (Å²) in [6.45, 7) is 2.87. The molecule has 12 heteroatoms. The Morgan fingerprint density at radius 3 is 2.62 bits per heavy atom. The number of methoxy groups -OCH3 is 1. The van der Waals surface area contributed by atoms with E-state index in [-0.39, 0.29) is 30.3 Å². The maximum atomic E-state index is 13.6. The standard InChI is InChI=1S/C28H26FN5O6/c1-27(26(30)36)13-39-23-19(27)11-21(33-22(23)15-4-7-17(29)8-5-15)28(2,37)12-31-24(35)16-6-9-18(20(10-16)38-3)25-34-32-14-40-25/h4-11,14,37H,12-13H2,1-3H3,(H2,30,36)(H,31,35)/t27-,28-/m0/s1. The summed E-state index contributed by atoms with van der Waals surface area (Å²) in [6, 6.07) is 11.8. The Morgan fingerprint density at radius 1 is 1.23 bits per heavy atom. The predicted molar refractivity (Wildman–Crippen MR) is 140 cm³/mol. The number of aliphatic hydroxyl groups is 1. The second-order valence-corrected chi connectivity index (χ2v) is 9.84. The first-order valence-electron chi connectivity index (χ1n) is 12.2. The van der Waals surface area contributed by atoms with E-state index >= 15 is 0 Å². The van der Waals surface area contributed by atoms with E-state index in [1.165, 1.54) is 50.8 Å². The van der Waals surface area contributed by atoms with Gasteiger partial charge >= 0.3 is 0 Å². The SMILES string of the molecule is COc1cc(C(=O)NC[C@](C)(O)c2cc3c(c(-c4ccc(F)cc4)n2)OC[C@]3(C)C(N)=O)ccc1-c1nnco1. The Morgan fingerprint density at radius 2 is 1.98 bits per heavy atom. The Bertz CT molecular complexity index is 1590. The number of amides is 2. The van der Waals surface area contributed by atoms with Crippen LogP contribution in [0.1, 0.15) is 35.5 Å². The number of pyridine rings is 1. The molecule has 0 fully saturated rings. The minimum absolute atomic E-state index is 0.0166. The number of nitrogens with one attached hydrogen (secondary N) is 1. The molecule has 1 aliphatic rings. The number of hydrogen-bond acceptors (Lipinski definition) is 9. The average Bonchev–Trinajstić information content (AvgIpc) is 3.60. The van der Waals surface area contributed by atoms with Crippen LogP contribution in [0.4, 0.5) is 4.39 Å². The van der Waals surface area contributed by atoms with E-state index in [2.05, 4.69) is 20.5 Å². The summed E-state index contributed by atoms with van der Waals surface area (Å²) >= 11 is 0. The Hall–Kier alpha value is -4.84. The number of carbonyl (C=O) groups is 2. The summed E-state index contributed by atoms with van der Waals surface area (Å²) < 4.78 is 30.0. The lowest BCUT2D eigenvalue weighted by Crippen LogP contribution is -2.41. The van der Waals surface area contributed by atoms with Crippen molar-refractivity contribution in [3.63, 3.8) is 0 Å². The smallest absolute Gasteiger partial charge is 0.251 e. The zero-order valence-electron chi connectivity index (χ0n) is 21.9. The van der Waals surface area contributed by atoms with Gasteiger partial charge in [-0.05, 0) is 62.4 Å². The fourth-order valence-electron chi connectivity index (χ4n) is 4.41. The third-order valence-electron chi connectivity index (χ3n) is 6.93. The van der Waals surface area contributed by atoms with Gasteiger partial charge in [0.25, 0.3) is 11.8 Å². The van der Waals surface area contributed by atoms with E-state index in [1.54, 1.807) is 25.1 Å². The topological polar surface area (TPSA) is 163 Å². The number of halogens is 1. The minimum Gasteiger partial charge on any atom is -0.496 e. The molecule has 2 aromatic carbocycles. The summed E-state index contributed by atoms with van der Waals surface area (Å²) in [5, 5.41) is 21.7. The molecular weight excluding hydrogens is 521 g/mol. The van der Waals surface area contributed by atoms with E-state index in [9.17, 15) is 19.1 Å². The van der Waals surface area contributed by atoms with Crippen molar-refractivity contribution in [1.29, 1.82) is 0 Å². The van der Waals surface area contributed by atoms with Gasteiger partial charge in [0.15, 0.2) is 0 Å². The van der Waals surface area contributed by atoms with Crippen LogP contribution in [0, 0.1) is 5.82 Å². The number of aromatic nitrogens is 3. The van der Waals surface area contributed by atoms with Gasteiger partial charge in [0, 0.05) is 16.7 Å². The van der Waals surface area contributed by atoms with Crippen LogP contribution in [-0.2, 0) is 15.8 Å². The highest BCUT2D eigenvalue weighted by molar-refractivity contribution is 5.95. The maximum absolute atomic E-state index is 13.6. The largest absolute Gasteiger partial charge is 0.496 e. The van der Waals surface area contributed by atoms with Crippen LogP contribution in [0.25, 0.3) is 22.7 Å². The Kier molecular flexibility index (Phi) is 6.72. The highest BCUT2D eigenvalue weighted by atomic mass is 19.1. The van der Waals surface area contributed by atoms with Gasteiger partial charge in [0.1, 0.15) is 40.6 Å². The zero-order chi connectivity index (χ0) is 28.7. The second-order valence-electron chi connectivity index (χ2n) is 9.84. The van der Waals surface area contributed by atoms with E-state index in [0.717, 1.165) is 0 Å². The molecule has 5 rings (SSSR count). The number of primary amides is 1. The van der Waals surface area contributed by atoms with Crippen LogP contribution in [0.15, 0.2) is 59.3 Å². The molecule has 40 heavy (non-hydrogen) atoms. The van der Waals surface area contributed by atoms with Crippen LogP contribution in [0.5, 0.6) is 11.5 Å². The fourth-order valence-corrected chi connectivity index (χ4v) is 4.41. The van der Waals surface area contributed by atoms with Crippen molar-refractivity contribution < 1.29 is 33.0 Å². The van der Waals surface area contributed by atoms with Crippen LogP contribution < -0.4 is 20.5 Å². The number of nitrogens with zero attached hydrogens (tertiary/aromatic N) is 3. The number of ether oxygens (including phenoxy) is 2. The average molecular weight is 548 g/mol. The Balaban J connectivity index is 1.45. The third kappa shape index (κ3) is 4.73. The highest BCUT2D eigenvalue weighted by Crippen LogP contribution is 2.45. The van der Waals surface area contributed by atoms with E-state index < -0.39 is 28.6 Å². The first-order valence-corrected chi connectivity index (χ1v) is 12.2. The summed E-state index contributed by atoms with van der Waals surface area (Å²) in [7, 11) is 1.45. The summed E-state index contributed by atoms with van der Waals surface area (Å²) in [5.41, 5.74) is 5.05. The lowest BCUT2D eigenvalue weighted by Gasteiger charge is -2.26. The molecule has 0 unspecified atom stereocenters. The van der Waals surface area contributed by atoms with Crippen molar-refractivity contribution in [3.8, 4) is 34.2 Å². The number of hydrogen-bond donors (Lipinski definition) is 3. The first-order chi connectivity index (χ1) is 19.0. The van der Waals surface area contributed by atoms with Gasteiger partial charge < -0.3 is 30.0 Å². The molecule has 0 spiro atoms. The van der Waals surface area contributed by atoms with Crippen LogP contribution in [0.2, 0.25) is 0 Å². The molecule has 0 saturated heterocycles. The van der Waals surface area contributed by atoms with Crippen molar-refractivity contribution >= 4 is 11.8 Å². The van der Waals surface area contributed by atoms with E-state index in [4.69, 9.17) is 19.6 Å². The van der Waals surface area contributed by atoms with Crippen LogP contribution in [-0.4, -0.2) is 52.4 Å². The second kappa shape index (κ2) is 10.0. The molecule has 0 radical (unpaired) electrons. The fraction of sp³-hybridized carbons (Fsp3) is 0.250. The molecule has 206 valence electrons. The maximum Gasteiger partial charge on any atom is 0.251 e. The molecule has 2 atom stereocenters. The minimum atomic E-state index is -1.69. The molecule has 4 N–H and O–H groups in total. The van der Waals surface area contributed by atoms with E-state index in [1.807, 2.05) is 0 Å². The van der Waals surface area contributed by atoms with Gasteiger partial charge in [-0.15, -0.1) is 10.2 Å². The molecule has 0 aliphatic carbocycles. The van der Waals surface area contributed by atoms with Crippen molar-refractivity contribution in [1.82, 2.24) is 20.5 Å². The number of rotatable bonds is 8. The van der Waals surface area contributed by atoms with Crippen molar-refractivity contribution in [2.45, 2.75) is 24.9 Å². The molecule has 2 amide bonds. The van der Waals surface area contributed by atoms with Crippen molar-refractivity contribution in [2.75, 3.05) is 20.3 Å². The normalized spacial score (nSPS) is 17.4. The first kappa shape index (κ1) is 26.8. The van der Waals surface area contributed by atoms with Gasteiger partial charge in [0.2, 0.25) is 12.3 Å². The lowest BCUT2D eigenvalue weighted by atomic mass is 9.82. The van der Waals surface area contributed by atoms with Crippen molar-refractivity contribution in [3.05, 3.63) is 77.6 Å². The van der Waals surface area contributed by atoms with Gasteiger partial charge in [-0.3, -0.25) is 9.59 Å². The number of carbonyl (C=O) groups excluding carboxylic acids is 2. The third-order valence-corrected chi connectivity index (χ3v) is 6.93. The van der Waals surface area contributed by atoms with Crippen molar-refractivity contribution in [2.24, 2.45) is 5.73 Å². The molecule has 11 nitrogen and oxygen atoms in total. The van der Waals surface area contributed by atoms with Gasteiger partial charge in [-0.1, -0.05) is 0 Å². The monoisotopic (exact) mass is 547 g/mol. The summed E-state index contributed by atoms with van der Waals surface area (Å²) in [6.07, 6.45) is 1.18. The molecule has 3 heterocycles. The summed E-state index contributed by atoms with van der Waals surface area (Å²) in [5.74, 6) is -0.627. The molecule has 0 bridgehead atoms. The lowest BCUT2D eigenvalue weighted by molar-refractivity contribution is -0.123. The van der Waals surface area contributed by atoms with Gasteiger partial charge in [-0.2, -0.15) is 0 Å². The summed E-state index contributed by atoms with van der Waals surface area (Å²) in [4.78, 5) is 30.0. The number of fused-ring (bicyclic) bond motifs is 1. The highest BCUT2D eigenvalue weighted by Gasteiger charge is 2.45. The number of benzene rings is 2. The number of nitrogens with two attached hydrogens (primary N) is 1. The zero-order valence-corrected chi connectivity index (χ0v) is 21.9. The predicted octanol–water partition coefficient (Wildman–Crippen LogP) is 2.72. The van der Waals surface area contributed by atoms with Crippen LogP contribution in [0.3, 0.4) is 0 Å². The van der Waals surface area contributed by atoms with Gasteiger partial charge in [-0.25, -0.2) is 9.37 Å². The Labute approximate surface area is 228 Å². The van der Waals surface area contributed by atoms with Crippen LogP contribution >= 0.6 is 0 Å². The molecular formula is C28H26FN5O6. The molecule has 0 saturated carbocycles. The van der Waals surface area contributed by atoms with E-state index in [0.29, 0.717) is 33.9 Å². The molecule has 2 aromatic heterocycles. The molecule has 1 aliphatic heterocycles. The molecule has 4 aromatic rings. The van der Waals surface area contributed by atoms with Gasteiger partial charge in [0.05, 0.1) is 24.9 Å². The quantitative estimate of drug-likeness (QED) is 0.301.